The van der Waals surface area contributed by atoms with E-state index >= 15 is 0 Å². The summed E-state index contributed by atoms with van der Waals surface area (Å²) < 4.78 is 35.7. The Morgan fingerprint density at radius 1 is 1.50 bits per heavy atom. The lowest BCUT2D eigenvalue weighted by Gasteiger charge is -2.11. The van der Waals surface area contributed by atoms with Crippen LogP contribution in [-0.2, 0) is 0 Å². The van der Waals surface area contributed by atoms with Gasteiger partial charge < -0.3 is 10.7 Å². The van der Waals surface area contributed by atoms with Crippen molar-refractivity contribution in [2.45, 2.75) is 19.5 Å². The van der Waals surface area contributed by atoms with Crippen molar-refractivity contribution in [2.75, 3.05) is 12.0 Å². The molecule has 0 spiro atoms. The highest BCUT2D eigenvalue weighted by atomic mass is 19.4. The molecule has 1 aromatic heterocycles. The van der Waals surface area contributed by atoms with Gasteiger partial charge in [-0.05, 0) is 13.0 Å². The van der Waals surface area contributed by atoms with Crippen LogP contribution in [0.4, 0.5) is 18.9 Å². The van der Waals surface area contributed by atoms with E-state index in [4.69, 9.17) is 5.84 Å². The minimum Gasteiger partial charge on any atom is -0.352 e. The fourth-order valence-corrected chi connectivity index (χ4v) is 1.27. The molecule has 18 heavy (non-hydrogen) atoms. The second-order valence-corrected chi connectivity index (χ2v) is 3.64. The maximum atomic E-state index is 11.9. The Kier molecular flexibility index (Phi) is 4.49. The van der Waals surface area contributed by atoms with Gasteiger partial charge in [0.25, 0.3) is 5.91 Å². The molecule has 5 nitrogen and oxygen atoms in total. The van der Waals surface area contributed by atoms with Gasteiger partial charge in [-0.15, -0.1) is 0 Å². The molecule has 4 N–H and O–H groups in total. The van der Waals surface area contributed by atoms with Crippen LogP contribution >= 0.6 is 0 Å². The molecule has 1 amide bonds. The van der Waals surface area contributed by atoms with Gasteiger partial charge in [0.05, 0.1) is 17.7 Å². The monoisotopic (exact) mass is 262 g/mol. The molecule has 100 valence electrons. The fourth-order valence-electron chi connectivity index (χ4n) is 1.27. The highest BCUT2D eigenvalue weighted by Gasteiger charge is 2.26. The predicted octanol–water partition coefficient (Wildman–Crippen LogP) is 1.36. The van der Waals surface area contributed by atoms with Crippen LogP contribution in [0.1, 0.15) is 22.5 Å². The fraction of sp³-hybridized carbons (Fsp3) is 0.400. The number of nitrogens with one attached hydrogen (secondary N) is 2. The first-order chi connectivity index (χ1) is 8.33. The highest BCUT2D eigenvalue weighted by molar-refractivity contribution is 5.99. The van der Waals surface area contributed by atoms with Gasteiger partial charge in [0.1, 0.15) is 0 Å². The van der Waals surface area contributed by atoms with Crippen LogP contribution in [0.5, 0.6) is 0 Å². The number of hydrogen-bond donors (Lipinski definition) is 3. The normalized spacial score (nSPS) is 11.2. The van der Waals surface area contributed by atoms with E-state index in [-0.39, 0.29) is 5.56 Å². The molecule has 0 aliphatic carbocycles. The maximum absolute atomic E-state index is 11.9. The van der Waals surface area contributed by atoms with Crippen molar-refractivity contribution in [3.05, 3.63) is 23.5 Å². The van der Waals surface area contributed by atoms with Gasteiger partial charge in [0.2, 0.25) is 0 Å². The van der Waals surface area contributed by atoms with E-state index in [9.17, 15) is 18.0 Å². The number of rotatable bonds is 4. The van der Waals surface area contributed by atoms with Crippen molar-refractivity contribution < 1.29 is 18.0 Å². The standard InChI is InChI=1S/C10H13F3N4O/c1-6-4-8(17-14)7(5-16-6)9(18)15-3-2-10(11,12)13/h4-5H,2-3,14H2,1H3,(H,15,18)(H,16,17). The molecule has 1 aromatic rings. The Labute approximate surface area is 102 Å². The van der Waals surface area contributed by atoms with Gasteiger partial charge in [-0.2, -0.15) is 13.2 Å². The minimum atomic E-state index is -4.30. The molecule has 0 aromatic carbocycles. The van der Waals surface area contributed by atoms with Gasteiger partial charge in [0, 0.05) is 18.4 Å². The zero-order valence-corrected chi connectivity index (χ0v) is 9.64. The van der Waals surface area contributed by atoms with Gasteiger partial charge in [-0.1, -0.05) is 0 Å². The first kappa shape index (κ1) is 14.2. The lowest BCUT2D eigenvalue weighted by Crippen LogP contribution is -2.29. The molecule has 8 heteroatoms. The van der Waals surface area contributed by atoms with Gasteiger partial charge in [-0.25, -0.2) is 0 Å². The lowest BCUT2D eigenvalue weighted by molar-refractivity contribution is -0.132. The van der Waals surface area contributed by atoms with E-state index in [0.717, 1.165) is 0 Å². The van der Waals surface area contributed by atoms with Crippen LogP contribution in [0.25, 0.3) is 0 Å². The molecule has 0 radical (unpaired) electrons. The number of halogens is 3. The summed E-state index contributed by atoms with van der Waals surface area (Å²) in [5.41, 5.74) is 3.35. The Hall–Kier alpha value is -1.83. The molecular formula is C10H13F3N4O. The number of nitrogens with two attached hydrogens (primary N) is 1. The Morgan fingerprint density at radius 2 is 2.17 bits per heavy atom. The average molecular weight is 262 g/mol. The number of anilines is 1. The molecule has 0 atom stereocenters. The smallest absolute Gasteiger partial charge is 0.352 e. The van der Waals surface area contributed by atoms with Gasteiger partial charge in [-0.3, -0.25) is 15.6 Å². The molecule has 0 saturated heterocycles. The predicted molar refractivity (Wildman–Crippen MR) is 59.8 cm³/mol. The Balaban J connectivity index is 2.67. The van der Waals surface area contributed by atoms with E-state index in [1.165, 1.54) is 12.3 Å². The third-order valence-electron chi connectivity index (χ3n) is 2.13. The number of carbonyl (C=O) groups excluding carboxylic acids is 1. The second-order valence-electron chi connectivity index (χ2n) is 3.64. The van der Waals surface area contributed by atoms with E-state index in [0.29, 0.717) is 11.4 Å². The van der Waals surface area contributed by atoms with E-state index in [2.05, 4.69) is 15.7 Å². The van der Waals surface area contributed by atoms with Crippen molar-refractivity contribution in [1.82, 2.24) is 10.3 Å². The molecule has 0 saturated carbocycles. The van der Waals surface area contributed by atoms with Crippen molar-refractivity contribution in [3.8, 4) is 0 Å². The van der Waals surface area contributed by atoms with Crippen molar-refractivity contribution in [3.63, 3.8) is 0 Å². The number of amides is 1. The van der Waals surface area contributed by atoms with Crippen LogP contribution < -0.4 is 16.6 Å². The number of alkyl halides is 3. The Morgan fingerprint density at radius 3 is 2.72 bits per heavy atom. The molecule has 1 heterocycles. The van der Waals surface area contributed by atoms with Crippen molar-refractivity contribution >= 4 is 11.6 Å². The summed E-state index contributed by atoms with van der Waals surface area (Å²) in [5, 5.41) is 2.16. The number of aromatic nitrogens is 1. The van der Waals surface area contributed by atoms with Crippen LogP contribution in [0.3, 0.4) is 0 Å². The number of nitrogen functional groups attached to an aromatic ring is 1. The maximum Gasteiger partial charge on any atom is 0.390 e. The minimum absolute atomic E-state index is 0.102. The summed E-state index contributed by atoms with van der Waals surface area (Å²) in [4.78, 5) is 15.5. The van der Waals surface area contributed by atoms with E-state index < -0.39 is 25.0 Å². The quantitative estimate of drug-likeness (QED) is 0.565. The summed E-state index contributed by atoms with van der Waals surface area (Å²) in [6.45, 7) is 1.21. The molecule has 1 rings (SSSR count). The first-order valence-electron chi connectivity index (χ1n) is 5.11. The second kappa shape index (κ2) is 5.67. The summed E-state index contributed by atoms with van der Waals surface area (Å²) in [7, 11) is 0. The summed E-state index contributed by atoms with van der Waals surface area (Å²) in [5.74, 6) is 4.56. The molecule has 0 aliphatic rings. The third kappa shape index (κ3) is 4.21. The number of nitrogens with zero attached hydrogens (tertiary/aromatic N) is 1. The molecule has 0 unspecified atom stereocenters. The first-order valence-corrected chi connectivity index (χ1v) is 5.11. The van der Waals surface area contributed by atoms with Crippen LogP contribution in [0.15, 0.2) is 12.3 Å². The number of hydrazine groups is 1. The lowest BCUT2D eigenvalue weighted by atomic mass is 10.2. The highest BCUT2D eigenvalue weighted by Crippen LogP contribution is 2.19. The summed E-state index contributed by atoms with van der Waals surface area (Å²) in [6.07, 6.45) is -4.12. The van der Waals surface area contributed by atoms with Crippen LogP contribution in [-0.4, -0.2) is 23.6 Å². The average Bonchev–Trinajstić information content (AvgIpc) is 2.26. The molecule has 0 fully saturated rings. The van der Waals surface area contributed by atoms with E-state index in [1.807, 2.05) is 0 Å². The number of hydrogen-bond acceptors (Lipinski definition) is 4. The number of pyridine rings is 1. The third-order valence-corrected chi connectivity index (χ3v) is 2.13. The van der Waals surface area contributed by atoms with E-state index in [1.54, 1.807) is 6.92 Å². The van der Waals surface area contributed by atoms with Crippen molar-refractivity contribution in [2.24, 2.45) is 5.84 Å². The SMILES string of the molecule is Cc1cc(NN)c(C(=O)NCCC(F)(F)F)cn1. The number of aryl methyl sites for hydroxylation is 1. The Bertz CT molecular complexity index is 434. The topological polar surface area (TPSA) is 80.0 Å². The largest absolute Gasteiger partial charge is 0.390 e. The summed E-state index contributed by atoms with van der Waals surface area (Å²) in [6, 6.07) is 1.53. The molecule has 0 bridgehead atoms. The molecular weight excluding hydrogens is 249 g/mol. The van der Waals surface area contributed by atoms with Crippen molar-refractivity contribution in [1.29, 1.82) is 0 Å². The number of carbonyl (C=O) groups is 1. The van der Waals surface area contributed by atoms with Crippen LogP contribution in [0, 0.1) is 6.92 Å². The summed E-state index contributed by atoms with van der Waals surface area (Å²) >= 11 is 0. The zero-order valence-electron chi connectivity index (χ0n) is 9.64. The zero-order chi connectivity index (χ0) is 13.8. The van der Waals surface area contributed by atoms with Crippen LogP contribution in [0.2, 0.25) is 0 Å². The van der Waals surface area contributed by atoms with Gasteiger partial charge in [0.15, 0.2) is 0 Å². The van der Waals surface area contributed by atoms with Gasteiger partial charge >= 0.3 is 6.18 Å². The molecule has 0 aliphatic heterocycles.